The summed E-state index contributed by atoms with van der Waals surface area (Å²) in [6, 6.07) is 0. The molecule has 2 atom stereocenters. The van der Waals surface area contributed by atoms with E-state index in [1.165, 1.54) is 0 Å². The van der Waals surface area contributed by atoms with Crippen molar-refractivity contribution in [2.75, 3.05) is 18.5 Å². The summed E-state index contributed by atoms with van der Waals surface area (Å²) in [4.78, 5) is 8.65. The molecule has 0 bridgehead atoms. The molecule has 0 spiro atoms. The molecule has 1 fully saturated rings. The number of hydrogen-bond donors (Lipinski definition) is 1. The van der Waals surface area contributed by atoms with Crippen LogP contribution < -0.4 is 5.32 Å². The molecule has 4 heterocycles. The van der Waals surface area contributed by atoms with E-state index < -0.39 is 0 Å². The number of fused-ring (bicyclic) bond motifs is 1. The van der Waals surface area contributed by atoms with Crippen LogP contribution in [0.1, 0.15) is 24.5 Å². The average molecular weight is 327 g/mol. The molecule has 8 nitrogen and oxygen atoms in total. The number of hydrogen-bond acceptors (Lipinski definition) is 6. The molecule has 0 aromatic carbocycles. The van der Waals surface area contributed by atoms with Crippen LogP contribution in [0, 0.1) is 5.92 Å². The third-order valence-corrected chi connectivity index (χ3v) is 4.56. The Kier molecular flexibility index (Phi) is 3.89. The van der Waals surface area contributed by atoms with Crippen molar-refractivity contribution in [3.8, 4) is 0 Å². The van der Waals surface area contributed by atoms with Gasteiger partial charge >= 0.3 is 0 Å². The van der Waals surface area contributed by atoms with Gasteiger partial charge in [0.25, 0.3) is 0 Å². The lowest BCUT2D eigenvalue weighted by Gasteiger charge is -2.31. The lowest BCUT2D eigenvalue weighted by atomic mass is 9.91. The highest BCUT2D eigenvalue weighted by molar-refractivity contribution is 5.85. The summed E-state index contributed by atoms with van der Waals surface area (Å²) in [5, 5.41) is 12.9. The Labute approximate surface area is 139 Å². The fourth-order valence-corrected chi connectivity index (χ4v) is 3.34. The summed E-state index contributed by atoms with van der Waals surface area (Å²) >= 11 is 0. The molecule has 4 rings (SSSR count). The maximum Gasteiger partial charge on any atom is 0.163 e. The fraction of sp³-hybridized carbons (Fsp3) is 0.500. The lowest BCUT2D eigenvalue weighted by molar-refractivity contribution is -0.0239. The summed E-state index contributed by atoms with van der Waals surface area (Å²) in [5.41, 5.74) is 1.97. The number of nitrogens with one attached hydrogen (secondary N) is 1. The molecule has 3 aromatic heterocycles. The van der Waals surface area contributed by atoms with Crippen molar-refractivity contribution in [3.63, 3.8) is 0 Å². The first-order valence-corrected chi connectivity index (χ1v) is 8.19. The second kappa shape index (κ2) is 6.20. The predicted molar refractivity (Wildman–Crippen MR) is 89.4 cm³/mol. The number of ether oxygens (including phenoxy) is 1. The van der Waals surface area contributed by atoms with E-state index in [0.29, 0.717) is 5.92 Å². The smallest absolute Gasteiger partial charge is 0.163 e. The van der Waals surface area contributed by atoms with E-state index in [1.54, 1.807) is 17.2 Å². The predicted octanol–water partition coefficient (Wildman–Crippen LogP) is 1.68. The first-order chi connectivity index (χ1) is 11.7. The molecular weight excluding hydrogens is 306 g/mol. The minimum absolute atomic E-state index is 0.0752. The van der Waals surface area contributed by atoms with Crippen molar-refractivity contribution in [1.29, 1.82) is 0 Å². The molecule has 1 saturated heterocycles. The maximum absolute atomic E-state index is 6.03. The number of rotatable bonds is 4. The number of aryl methyl sites for hydroxylation is 2. The molecule has 24 heavy (non-hydrogen) atoms. The Morgan fingerprint density at radius 3 is 3.00 bits per heavy atom. The molecule has 0 aliphatic carbocycles. The van der Waals surface area contributed by atoms with Crippen LogP contribution in [0.15, 0.2) is 24.9 Å². The van der Waals surface area contributed by atoms with Crippen molar-refractivity contribution in [1.82, 2.24) is 29.5 Å². The number of anilines is 1. The van der Waals surface area contributed by atoms with Gasteiger partial charge < -0.3 is 10.1 Å². The maximum atomic E-state index is 6.03. The van der Waals surface area contributed by atoms with Gasteiger partial charge in [-0.25, -0.2) is 9.97 Å². The molecule has 0 unspecified atom stereocenters. The molecule has 3 aromatic rings. The highest BCUT2D eigenvalue weighted by Gasteiger charge is 2.28. The van der Waals surface area contributed by atoms with Crippen LogP contribution in [0.2, 0.25) is 0 Å². The van der Waals surface area contributed by atoms with Crippen LogP contribution in [-0.4, -0.2) is 42.7 Å². The van der Waals surface area contributed by atoms with Crippen molar-refractivity contribution in [2.45, 2.75) is 18.9 Å². The highest BCUT2D eigenvalue weighted by Crippen LogP contribution is 2.33. The summed E-state index contributed by atoms with van der Waals surface area (Å²) in [5.74, 6) is 1.20. The van der Waals surface area contributed by atoms with Gasteiger partial charge in [-0.2, -0.15) is 10.2 Å². The lowest BCUT2D eigenvalue weighted by Crippen LogP contribution is -2.28. The Morgan fingerprint density at radius 2 is 2.17 bits per heavy atom. The van der Waals surface area contributed by atoms with Gasteiger partial charge in [-0.15, -0.1) is 0 Å². The quantitative estimate of drug-likeness (QED) is 0.785. The zero-order chi connectivity index (χ0) is 16.5. The van der Waals surface area contributed by atoms with Gasteiger partial charge in [0, 0.05) is 44.9 Å². The van der Waals surface area contributed by atoms with Gasteiger partial charge in [0.05, 0.1) is 23.9 Å². The van der Waals surface area contributed by atoms with Crippen LogP contribution in [-0.2, 0) is 18.8 Å². The zero-order valence-corrected chi connectivity index (χ0v) is 13.9. The third kappa shape index (κ3) is 2.73. The van der Waals surface area contributed by atoms with E-state index in [1.807, 2.05) is 31.2 Å². The molecule has 0 saturated carbocycles. The van der Waals surface area contributed by atoms with Crippen LogP contribution in [0.5, 0.6) is 0 Å². The van der Waals surface area contributed by atoms with Crippen LogP contribution in [0.4, 0.5) is 5.82 Å². The molecule has 1 aliphatic rings. The largest absolute Gasteiger partial charge is 0.373 e. The highest BCUT2D eigenvalue weighted by atomic mass is 16.5. The zero-order valence-electron chi connectivity index (χ0n) is 13.9. The molecule has 0 radical (unpaired) electrons. The molecule has 126 valence electrons. The molecule has 8 heteroatoms. The van der Waals surface area contributed by atoms with Gasteiger partial charge in [0.2, 0.25) is 0 Å². The van der Waals surface area contributed by atoms with E-state index in [4.69, 9.17) is 4.74 Å². The summed E-state index contributed by atoms with van der Waals surface area (Å²) in [7, 11) is 3.81. The van der Waals surface area contributed by atoms with E-state index >= 15 is 0 Å². The topological polar surface area (TPSA) is 82.7 Å². The molecule has 1 N–H and O–H groups in total. The van der Waals surface area contributed by atoms with Gasteiger partial charge in [0.1, 0.15) is 12.1 Å². The Morgan fingerprint density at radius 1 is 1.25 bits per heavy atom. The van der Waals surface area contributed by atoms with E-state index in [0.717, 1.165) is 48.4 Å². The molecule has 1 aliphatic heterocycles. The van der Waals surface area contributed by atoms with Crippen LogP contribution in [0.3, 0.4) is 0 Å². The van der Waals surface area contributed by atoms with E-state index in [9.17, 15) is 0 Å². The first-order valence-electron chi connectivity index (χ1n) is 8.19. The average Bonchev–Trinajstić information content (AvgIpc) is 3.20. The van der Waals surface area contributed by atoms with Crippen molar-refractivity contribution in [3.05, 3.63) is 30.5 Å². The normalized spacial score (nSPS) is 21.2. The van der Waals surface area contributed by atoms with Crippen molar-refractivity contribution >= 4 is 16.9 Å². The first kappa shape index (κ1) is 15.1. The van der Waals surface area contributed by atoms with Crippen LogP contribution >= 0.6 is 0 Å². The Hall–Kier alpha value is -2.48. The van der Waals surface area contributed by atoms with Gasteiger partial charge in [-0.1, -0.05) is 0 Å². The summed E-state index contributed by atoms with van der Waals surface area (Å²) in [6.07, 6.45) is 9.57. The monoisotopic (exact) mass is 327 g/mol. The Balaban J connectivity index is 1.52. The second-order valence-corrected chi connectivity index (χ2v) is 6.25. The third-order valence-electron chi connectivity index (χ3n) is 4.56. The number of aromatic nitrogens is 6. The van der Waals surface area contributed by atoms with Crippen molar-refractivity contribution in [2.24, 2.45) is 20.0 Å². The van der Waals surface area contributed by atoms with Gasteiger partial charge in [0.15, 0.2) is 5.65 Å². The summed E-state index contributed by atoms with van der Waals surface area (Å²) in [6.45, 7) is 1.59. The standard InChI is InChI=1S/C16H21N7O/c1-22-9-12(7-20-22)14-11(4-3-5-24-14)6-17-15-13-8-21-23(2)16(13)19-10-18-15/h7-11,14H,3-6H2,1-2H3,(H,17,18,19)/t11-,14+/m0/s1. The number of nitrogens with zero attached hydrogens (tertiary/aromatic N) is 6. The van der Waals surface area contributed by atoms with E-state index in [2.05, 4.69) is 25.5 Å². The van der Waals surface area contributed by atoms with Crippen molar-refractivity contribution < 1.29 is 4.74 Å². The van der Waals surface area contributed by atoms with Crippen LogP contribution in [0.25, 0.3) is 11.0 Å². The second-order valence-electron chi connectivity index (χ2n) is 6.25. The molecule has 0 amide bonds. The SMILES string of the molecule is Cn1cc([C@@H]2OCCC[C@H]2CNc2ncnc3c2cnn3C)cn1. The minimum atomic E-state index is 0.0752. The van der Waals surface area contributed by atoms with Gasteiger partial charge in [-0.3, -0.25) is 9.36 Å². The fourth-order valence-electron chi connectivity index (χ4n) is 3.34. The minimum Gasteiger partial charge on any atom is -0.373 e. The van der Waals surface area contributed by atoms with Gasteiger partial charge in [-0.05, 0) is 12.8 Å². The summed E-state index contributed by atoms with van der Waals surface area (Å²) < 4.78 is 9.60. The van der Waals surface area contributed by atoms with E-state index in [-0.39, 0.29) is 6.10 Å². The molecular formula is C16H21N7O. The Bertz CT molecular complexity index is 840.